The van der Waals surface area contributed by atoms with E-state index in [1.54, 1.807) is 0 Å². The molecule has 1 atom stereocenters. The third-order valence-electron chi connectivity index (χ3n) is 2.10. The normalized spacial score (nSPS) is 37.5. The third kappa shape index (κ3) is 0.944. The van der Waals surface area contributed by atoms with Gasteiger partial charge in [-0.15, -0.1) is 0 Å². The summed E-state index contributed by atoms with van der Waals surface area (Å²) in [6.07, 6.45) is 1.51. The van der Waals surface area contributed by atoms with Gasteiger partial charge in [0.1, 0.15) is 0 Å². The fourth-order valence-corrected chi connectivity index (χ4v) is 1.45. The summed E-state index contributed by atoms with van der Waals surface area (Å²) in [5.41, 5.74) is -0.0995. The summed E-state index contributed by atoms with van der Waals surface area (Å²) < 4.78 is 10.8. The van der Waals surface area contributed by atoms with Crippen molar-refractivity contribution < 1.29 is 9.47 Å². The first kappa shape index (κ1) is 6.58. The van der Waals surface area contributed by atoms with E-state index >= 15 is 0 Å². The molecule has 0 radical (unpaired) electrons. The standard InChI is InChI=1S/C7H13NO2/c1-6-2-3-8-7(10-6)4-9-5-7/h6,8H,2-5H2,1H3. The Labute approximate surface area is 60.7 Å². The summed E-state index contributed by atoms with van der Waals surface area (Å²) in [5, 5.41) is 3.32. The minimum atomic E-state index is -0.0995. The molecule has 3 heteroatoms. The highest BCUT2D eigenvalue weighted by Crippen LogP contribution is 2.24. The summed E-state index contributed by atoms with van der Waals surface area (Å²) in [6.45, 7) is 4.61. The lowest BCUT2D eigenvalue weighted by Crippen LogP contribution is -2.66. The zero-order valence-electron chi connectivity index (χ0n) is 6.22. The molecule has 2 aliphatic heterocycles. The Balaban J connectivity index is 1.96. The molecule has 3 nitrogen and oxygen atoms in total. The van der Waals surface area contributed by atoms with Crippen LogP contribution in [0.2, 0.25) is 0 Å². The molecule has 0 aromatic heterocycles. The molecule has 0 aromatic rings. The van der Waals surface area contributed by atoms with Crippen molar-refractivity contribution in [3.8, 4) is 0 Å². The van der Waals surface area contributed by atoms with E-state index < -0.39 is 0 Å². The van der Waals surface area contributed by atoms with Crippen LogP contribution in [0.25, 0.3) is 0 Å². The molecule has 0 aromatic carbocycles. The van der Waals surface area contributed by atoms with Gasteiger partial charge in [0.25, 0.3) is 0 Å². The zero-order valence-corrected chi connectivity index (χ0v) is 6.22. The molecule has 0 amide bonds. The fraction of sp³-hybridized carbons (Fsp3) is 1.00. The van der Waals surface area contributed by atoms with Crippen LogP contribution in [-0.2, 0) is 9.47 Å². The van der Waals surface area contributed by atoms with Crippen molar-refractivity contribution in [1.82, 2.24) is 5.32 Å². The summed E-state index contributed by atoms with van der Waals surface area (Å²) in [5.74, 6) is 0. The van der Waals surface area contributed by atoms with Gasteiger partial charge in [0.15, 0.2) is 5.72 Å². The molecule has 2 aliphatic rings. The second-order valence-electron chi connectivity index (χ2n) is 3.13. The summed E-state index contributed by atoms with van der Waals surface area (Å²) >= 11 is 0. The van der Waals surface area contributed by atoms with E-state index in [2.05, 4.69) is 12.2 Å². The lowest BCUT2D eigenvalue weighted by Gasteiger charge is -2.46. The van der Waals surface area contributed by atoms with Gasteiger partial charge in [0.2, 0.25) is 0 Å². The largest absolute Gasteiger partial charge is 0.372 e. The first-order valence-corrected chi connectivity index (χ1v) is 3.81. The predicted molar refractivity (Wildman–Crippen MR) is 36.7 cm³/mol. The summed E-state index contributed by atoms with van der Waals surface area (Å²) in [6, 6.07) is 0. The van der Waals surface area contributed by atoms with Crippen LogP contribution >= 0.6 is 0 Å². The number of ether oxygens (including phenoxy) is 2. The fourth-order valence-electron chi connectivity index (χ4n) is 1.45. The van der Waals surface area contributed by atoms with E-state index in [4.69, 9.17) is 9.47 Å². The van der Waals surface area contributed by atoms with Crippen LogP contribution in [0, 0.1) is 0 Å². The van der Waals surface area contributed by atoms with Gasteiger partial charge >= 0.3 is 0 Å². The van der Waals surface area contributed by atoms with Crippen LogP contribution in [0.4, 0.5) is 0 Å². The Kier molecular flexibility index (Phi) is 1.44. The van der Waals surface area contributed by atoms with E-state index in [1.165, 1.54) is 0 Å². The van der Waals surface area contributed by atoms with Crippen molar-refractivity contribution in [2.45, 2.75) is 25.2 Å². The molecule has 2 heterocycles. The number of rotatable bonds is 0. The second-order valence-corrected chi connectivity index (χ2v) is 3.13. The molecule has 0 aliphatic carbocycles. The molecule has 2 saturated heterocycles. The van der Waals surface area contributed by atoms with Crippen LogP contribution in [0.3, 0.4) is 0 Å². The SMILES string of the molecule is CC1CCNC2(COC2)O1. The van der Waals surface area contributed by atoms with Gasteiger partial charge in [-0.1, -0.05) is 0 Å². The van der Waals surface area contributed by atoms with Crippen molar-refractivity contribution in [2.24, 2.45) is 0 Å². The van der Waals surface area contributed by atoms with Gasteiger partial charge in [-0.3, -0.25) is 5.32 Å². The smallest absolute Gasteiger partial charge is 0.166 e. The highest BCUT2D eigenvalue weighted by atomic mass is 16.6. The van der Waals surface area contributed by atoms with E-state index in [9.17, 15) is 0 Å². The first-order valence-electron chi connectivity index (χ1n) is 3.81. The molecular weight excluding hydrogens is 130 g/mol. The van der Waals surface area contributed by atoms with Crippen molar-refractivity contribution in [3.63, 3.8) is 0 Å². The second kappa shape index (κ2) is 2.19. The van der Waals surface area contributed by atoms with Gasteiger partial charge < -0.3 is 9.47 Å². The van der Waals surface area contributed by atoms with Crippen molar-refractivity contribution >= 4 is 0 Å². The van der Waals surface area contributed by atoms with E-state index in [0.717, 1.165) is 26.2 Å². The molecular formula is C7H13NO2. The Morgan fingerprint density at radius 2 is 2.30 bits per heavy atom. The Morgan fingerprint density at radius 3 is 2.70 bits per heavy atom. The maximum Gasteiger partial charge on any atom is 0.166 e. The molecule has 1 spiro atoms. The van der Waals surface area contributed by atoms with Gasteiger partial charge in [-0.25, -0.2) is 0 Å². The zero-order chi connectivity index (χ0) is 7.03. The van der Waals surface area contributed by atoms with Crippen molar-refractivity contribution in [2.75, 3.05) is 19.8 Å². The Morgan fingerprint density at radius 1 is 1.50 bits per heavy atom. The van der Waals surface area contributed by atoms with Crippen molar-refractivity contribution in [3.05, 3.63) is 0 Å². The van der Waals surface area contributed by atoms with Crippen molar-refractivity contribution in [1.29, 1.82) is 0 Å². The quantitative estimate of drug-likeness (QED) is 0.522. The van der Waals surface area contributed by atoms with Crippen LogP contribution in [0.5, 0.6) is 0 Å². The monoisotopic (exact) mass is 143 g/mol. The predicted octanol–water partition coefficient (Wildman–Crippen LogP) is 0.111. The molecule has 1 N–H and O–H groups in total. The van der Waals surface area contributed by atoms with Crippen LogP contribution in [0.15, 0.2) is 0 Å². The maximum atomic E-state index is 5.67. The number of hydrogen-bond acceptors (Lipinski definition) is 3. The third-order valence-corrected chi connectivity index (χ3v) is 2.10. The molecule has 2 rings (SSSR count). The van der Waals surface area contributed by atoms with Crippen LogP contribution in [-0.4, -0.2) is 31.6 Å². The molecule has 58 valence electrons. The average Bonchev–Trinajstić information content (AvgIpc) is 1.85. The maximum absolute atomic E-state index is 5.67. The van der Waals surface area contributed by atoms with Crippen LogP contribution < -0.4 is 5.32 Å². The Bertz CT molecular complexity index is 134. The lowest BCUT2D eigenvalue weighted by molar-refractivity contribution is -0.258. The molecule has 0 saturated carbocycles. The van der Waals surface area contributed by atoms with E-state index in [1.807, 2.05) is 0 Å². The van der Waals surface area contributed by atoms with Gasteiger partial charge in [0.05, 0.1) is 19.3 Å². The van der Waals surface area contributed by atoms with Gasteiger partial charge in [0, 0.05) is 6.54 Å². The topological polar surface area (TPSA) is 30.5 Å². The summed E-state index contributed by atoms with van der Waals surface area (Å²) in [7, 11) is 0. The van der Waals surface area contributed by atoms with Crippen LogP contribution in [0.1, 0.15) is 13.3 Å². The number of hydrogen-bond donors (Lipinski definition) is 1. The first-order chi connectivity index (χ1) is 4.81. The summed E-state index contributed by atoms with van der Waals surface area (Å²) in [4.78, 5) is 0. The average molecular weight is 143 g/mol. The lowest BCUT2D eigenvalue weighted by atomic mass is 10.1. The highest BCUT2D eigenvalue weighted by molar-refractivity contribution is 4.88. The molecule has 1 unspecified atom stereocenters. The minimum absolute atomic E-state index is 0.0995. The number of nitrogens with one attached hydrogen (secondary N) is 1. The minimum Gasteiger partial charge on any atom is -0.372 e. The molecule has 2 fully saturated rings. The van der Waals surface area contributed by atoms with E-state index in [0.29, 0.717) is 6.10 Å². The Hall–Kier alpha value is -0.120. The molecule has 0 bridgehead atoms. The van der Waals surface area contributed by atoms with E-state index in [-0.39, 0.29) is 5.72 Å². The van der Waals surface area contributed by atoms with Gasteiger partial charge in [-0.05, 0) is 13.3 Å². The van der Waals surface area contributed by atoms with Gasteiger partial charge in [-0.2, -0.15) is 0 Å². The highest BCUT2D eigenvalue weighted by Gasteiger charge is 2.42. The molecule has 10 heavy (non-hydrogen) atoms.